The molecule has 0 aliphatic heterocycles. The van der Waals surface area contributed by atoms with Crippen molar-refractivity contribution in [2.45, 2.75) is 20.8 Å². The van der Waals surface area contributed by atoms with E-state index in [0.717, 1.165) is 10.4 Å². The minimum absolute atomic E-state index is 0.0779. The molecule has 0 saturated heterocycles. The van der Waals surface area contributed by atoms with Crippen molar-refractivity contribution in [3.63, 3.8) is 0 Å². The number of nitriles is 1. The maximum atomic E-state index is 12.5. The predicted octanol–water partition coefficient (Wildman–Crippen LogP) is 4.74. The van der Waals surface area contributed by atoms with E-state index in [1.807, 2.05) is 13.0 Å². The van der Waals surface area contributed by atoms with Crippen LogP contribution in [0.3, 0.4) is 0 Å². The third-order valence-corrected chi connectivity index (χ3v) is 5.01. The van der Waals surface area contributed by atoms with Gasteiger partial charge in [0.25, 0.3) is 5.91 Å². The van der Waals surface area contributed by atoms with Gasteiger partial charge in [0, 0.05) is 9.90 Å². The minimum atomic E-state index is -0.589. The number of nitrogens with one attached hydrogen (secondary N) is 1. The number of rotatable bonds is 5. The Balaban J connectivity index is 2.31. The van der Waals surface area contributed by atoms with Gasteiger partial charge in [-0.1, -0.05) is 23.7 Å². The number of hydrogen-bond donors (Lipinski definition) is 1. The Morgan fingerprint density at radius 3 is 2.54 bits per heavy atom. The van der Waals surface area contributed by atoms with Crippen molar-refractivity contribution in [2.24, 2.45) is 0 Å². The summed E-state index contributed by atoms with van der Waals surface area (Å²) in [5, 5.41) is 12.9. The maximum Gasteiger partial charge on any atom is 0.341 e. The zero-order chi connectivity index (χ0) is 19.3. The standard InChI is InChI=1S/C19H17ClN2O3S/c1-4-25-19(24)16-11(2)12(3)26-18(16)22-17(23)14(10-21)9-13-5-7-15(20)8-6-13/h5-9H,4H2,1-3H3,(H,22,23)/b14-9+. The fraction of sp³-hybridized carbons (Fsp3) is 0.211. The average Bonchev–Trinajstić information content (AvgIpc) is 2.88. The third-order valence-electron chi connectivity index (χ3n) is 3.64. The zero-order valence-electron chi connectivity index (χ0n) is 14.6. The number of halogens is 1. The summed E-state index contributed by atoms with van der Waals surface area (Å²) < 4.78 is 5.06. The first-order valence-corrected chi connectivity index (χ1v) is 9.02. The van der Waals surface area contributed by atoms with Crippen LogP contribution < -0.4 is 5.32 Å². The molecule has 5 nitrogen and oxygen atoms in total. The number of thiophene rings is 1. The van der Waals surface area contributed by atoms with E-state index in [-0.39, 0.29) is 12.2 Å². The smallest absolute Gasteiger partial charge is 0.341 e. The molecule has 1 aromatic heterocycles. The second-order valence-electron chi connectivity index (χ2n) is 5.38. The van der Waals surface area contributed by atoms with Gasteiger partial charge in [-0.2, -0.15) is 5.26 Å². The molecule has 7 heteroatoms. The van der Waals surface area contributed by atoms with E-state index in [9.17, 15) is 14.9 Å². The fourth-order valence-electron chi connectivity index (χ4n) is 2.21. The maximum absolute atomic E-state index is 12.5. The molecule has 0 aliphatic rings. The van der Waals surface area contributed by atoms with E-state index in [4.69, 9.17) is 16.3 Å². The van der Waals surface area contributed by atoms with Gasteiger partial charge in [0.2, 0.25) is 0 Å². The van der Waals surface area contributed by atoms with Gasteiger partial charge in [0.15, 0.2) is 0 Å². The SMILES string of the molecule is CCOC(=O)c1c(NC(=O)/C(C#N)=C/c2ccc(Cl)cc2)sc(C)c1C. The molecule has 1 N–H and O–H groups in total. The van der Waals surface area contributed by atoms with E-state index in [1.165, 1.54) is 17.4 Å². The van der Waals surface area contributed by atoms with Gasteiger partial charge in [-0.05, 0) is 50.1 Å². The normalized spacial score (nSPS) is 11.0. The molecule has 0 saturated carbocycles. The average molecular weight is 389 g/mol. The second kappa shape index (κ2) is 8.65. The summed E-state index contributed by atoms with van der Waals surface area (Å²) in [6.45, 7) is 5.60. The van der Waals surface area contributed by atoms with Crippen LogP contribution in [0.1, 0.15) is 33.3 Å². The molecular formula is C19H17ClN2O3S. The van der Waals surface area contributed by atoms with Crippen molar-refractivity contribution in [1.82, 2.24) is 0 Å². The number of benzene rings is 1. The summed E-state index contributed by atoms with van der Waals surface area (Å²) in [6, 6.07) is 8.64. The molecule has 1 heterocycles. The summed E-state index contributed by atoms with van der Waals surface area (Å²) in [6.07, 6.45) is 1.46. The van der Waals surface area contributed by atoms with Crippen molar-refractivity contribution >= 4 is 45.9 Å². The monoisotopic (exact) mass is 388 g/mol. The first-order chi connectivity index (χ1) is 12.4. The molecule has 0 radical (unpaired) electrons. The molecule has 1 aromatic carbocycles. The van der Waals surface area contributed by atoms with Crippen LogP contribution in [0.25, 0.3) is 6.08 Å². The lowest BCUT2D eigenvalue weighted by Gasteiger charge is -2.07. The number of anilines is 1. The topological polar surface area (TPSA) is 79.2 Å². The van der Waals surface area contributed by atoms with Gasteiger partial charge >= 0.3 is 5.97 Å². The number of ether oxygens (including phenoxy) is 1. The van der Waals surface area contributed by atoms with Gasteiger partial charge in [0.05, 0.1) is 12.2 Å². The van der Waals surface area contributed by atoms with Crippen molar-refractivity contribution in [3.8, 4) is 6.07 Å². The quantitative estimate of drug-likeness (QED) is 0.455. The van der Waals surface area contributed by atoms with E-state index < -0.39 is 11.9 Å². The number of hydrogen-bond acceptors (Lipinski definition) is 5. The van der Waals surface area contributed by atoms with Gasteiger partial charge in [0.1, 0.15) is 16.6 Å². The lowest BCUT2D eigenvalue weighted by atomic mass is 10.1. The van der Waals surface area contributed by atoms with Crippen molar-refractivity contribution in [1.29, 1.82) is 5.26 Å². The Hall–Kier alpha value is -2.62. The molecule has 0 aliphatic carbocycles. The molecule has 2 rings (SSSR count). The number of esters is 1. The first-order valence-electron chi connectivity index (χ1n) is 7.83. The predicted molar refractivity (Wildman–Crippen MR) is 103 cm³/mol. The lowest BCUT2D eigenvalue weighted by Crippen LogP contribution is -2.16. The molecule has 1 amide bonds. The second-order valence-corrected chi connectivity index (χ2v) is 7.04. The summed E-state index contributed by atoms with van der Waals surface area (Å²) in [5.41, 5.74) is 1.67. The van der Waals surface area contributed by atoms with Crippen LogP contribution in [0.15, 0.2) is 29.8 Å². The Labute approximate surface area is 160 Å². The number of carbonyl (C=O) groups is 2. The van der Waals surface area contributed by atoms with E-state index >= 15 is 0 Å². The molecule has 134 valence electrons. The number of aryl methyl sites for hydroxylation is 1. The summed E-state index contributed by atoms with van der Waals surface area (Å²) in [7, 11) is 0. The molecule has 0 unspecified atom stereocenters. The zero-order valence-corrected chi connectivity index (χ0v) is 16.1. The summed E-state index contributed by atoms with van der Waals surface area (Å²) >= 11 is 7.11. The largest absolute Gasteiger partial charge is 0.462 e. The summed E-state index contributed by atoms with van der Waals surface area (Å²) in [5.74, 6) is -1.08. The summed E-state index contributed by atoms with van der Waals surface area (Å²) in [4.78, 5) is 25.6. The van der Waals surface area contributed by atoms with Gasteiger partial charge in [-0.15, -0.1) is 11.3 Å². The lowest BCUT2D eigenvalue weighted by molar-refractivity contribution is -0.112. The number of nitrogens with zero attached hydrogens (tertiary/aromatic N) is 1. The Bertz CT molecular complexity index is 908. The molecule has 0 spiro atoms. The molecule has 2 aromatic rings. The van der Waals surface area contributed by atoms with Crippen molar-refractivity contribution in [2.75, 3.05) is 11.9 Å². The molecule has 26 heavy (non-hydrogen) atoms. The minimum Gasteiger partial charge on any atom is -0.462 e. The van der Waals surface area contributed by atoms with E-state index in [1.54, 1.807) is 38.1 Å². The molecular weight excluding hydrogens is 372 g/mol. The van der Waals surface area contributed by atoms with Crippen LogP contribution in [-0.4, -0.2) is 18.5 Å². The third kappa shape index (κ3) is 4.51. The van der Waals surface area contributed by atoms with Crippen LogP contribution in [0.2, 0.25) is 5.02 Å². The van der Waals surface area contributed by atoms with Crippen LogP contribution in [0, 0.1) is 25.2 Å². The highest BCUT2D eigenvalue weighted by Gasteiger charge is 2.23. The van der Waals surface area contributed by atoms with E-state index in [2.05, 4.69) is 5.32 Å². The number of amides is 1. The van der Waals surface area contributed by atoms with Crippen molar-refractivity contribution in [3.05, 3.63) is 56.4 Å². The van der Waals surface area contributed by atoms with Crippen molar-refractivity contribution < 1.29 is 14.3 Å². The van der Waals surface area contributed by atoms with Crippen LogP contribution >= 0.6 is 22.9 Å². The van der Waals surface area contributed by atoms with Crippen LogP contribution in [-0.2, 0) is 9.53 Å². The van der Waals surface area contributed by atoms with Crippen LogP contribution in [0.5, 0.6) is 0 Å². The molecule has 0 atom stereocenters. The Kier molecular flexibility index (Phi) is 6.56. The highest BCUT2D eigenvalue weighted by atomic mass is 35.5. The Morgan fingerprint density at radius 2 is 1.96 bits per heavy atom. The number of carbonyl (C=O) groups excluding carboxylic acids is 2. The first kappa shape index (κ1) is 19.7. The highest BCUT2D eigenvalue weighted by molar-refractivity contribution is 7.16. The Morgan fingerprint density at radius 1 is 1.31 bits per heavy atom. The van der Waals surface area contributed by atoms with E-state index in [0.29, 0.717) is 21.2 Å². The fourth-order valence-corrected chi connectivity index (χ4v) is 3.38. The molecule has 0 bridgehead atoms. The van der Waals surface area contributed by atoms with Gasteiger partial charge in [-0.3, -0.25) is 4.79 Å². The van der Waals surface area contributed by atoms with Gasteiger partial charge in [-0.25, -0.2) is 4.79 Å². The van der Waals surface area contributed by atoms with Crippen LogP contribution in [0.4, 0.5) is 5.00 Å². The molecule has 0 fully saturated rings. The van der Waals surface area contributed by atoms with Gasteiger partial charge < -0.3 is 10.1 Å². The highest BCUT2D eigenvalue weighted by Crippen LogP contribution is 2.33.